The molecule has 4 rings (SSSR count). The van der Waals surface area contributed by atoms with Gasteiger partial charge in [0.1, 0.15) is 4.90 Å². The van der Waals surface area contributed by atoms with Crippen LogP contribution in [-0.4, -0.2) is 32.7 Å². The minimum Gasteiger partial charge on any atom is -0.322 e. The quantitative estimate of drug-likeness (QED) is 0.251. The van der Waals surface area contributed by atoms with Crippen LogP contribution in [-0.2, 0) is 20.0 Å². The lowest BCUT2D eigenvalue weighted by Gasteiger charge is -2.14. The zero-order chi connectivity index (χ0) is 29.2. The molecule has 1 aromatic heterocycles. The Kier molecular flexibility index (Phi) is 8.15. The number of nitrogens with zero attached hydrogens (tertiary/aromatic N) is 2. The third-order valence-electron chi connectivity index (χ3n) is 5.96. The van der Waals surface area contributed by atoms with E-state index in [1.807, 2.05) is 13.0 Å². The lowest BCUT2D eigenvalue weighted by atomic mass is 10.1. The summed E-state index contributed by atoms with van der Waals surface area (Å²) in [6, 6.07) is 16.3. The molecule has 40 heavy (non-hydrogen) atoms. The summed E-state index contributed by atoms with van der Waals surface area (Å²) in [7, 11) is -8.09. The lowest BCUT2D eigenvalue weighted by Crippen LogP contribution is -2.17. The molecule has 1 amide bonds. The summed E-state index contributed by atoms with van der Waals surface area (Å²) in [6.07, 6.45) is 0. The number of rotatable bonds is 8. The van der Waals surface area contributed by atoms with Crippen molar-refractivity contribution in [3.05, 3.63) is 99.8 Å². The van der Waals surface area contributed by atoms with Gasteiger partial charge in [0.2, 0.25) is 5.95 Å². The van der Waals surface area contributed by atoms with Crippen LogP contribution in [0.1, 0.15) is 32.9 Å². The van der Waals surface area contributed by atoms with Crippen molar-refractivity contribution in [2.45, 2.75) is 37.5 Å². The first-order valence-corrected chi connectivity index (χ1v) is 15.2. The molecule has 208 valence electrons. The first-order valence-electron chi connectivity index (χ1n) is 11.9. The average molecular weight is 600 g/mol. The van der Waals surface area contributed by atoms with E-state index in [0.29, 0.717) is 22.8 Å². The third kappa shape index (κ3) is 6.58. The summed E-state index contributed by atoms with van der Waals surface area (Å²) >= 11 is 6.20. The molecule has 0 spiro atoms. The van der Waals surface area contributed by atoms with E-state index in [9.17, 15) is 21.6 Å². The minimum atomic E-state index is -4.11. The molecule has 0 saturated heterocycles. The number of carbonyl (C=O) groups is 1. The predicted molar refractivity (Wildman–Crippen MR) is 155 cm³/mol. The Hall–Kier alpha value is -4.00. The number of hydrogen-bond acceptors (Lipinski definition) is 7. The van der Waals surface area contributed by atoms with Crippen LogP contribution in [0.25, 0.3) is 0 Å². The maximum Gasteiger partial charge on any atom is 0.264 e. The number of aromatic nitrogens is 2. The first kappa shape index (κ1) is 29.0. The highest BCUT2D eigenvalue weighted by atomic mass is 35.5. The number of nitrogens with one attached hydrogen (secondary N) is 3. The largest absolute Gasteiger partial charge is 0.322 e. The summed E-state index contributed by atoms with van der Waals surface area (Å²) in [5, 5.41) is 2.58. The number of aryl methyl sites for hydroxylation is 3. The summed E-state index contributed by atoms with van der Waals surface area (Å²) in [5.41, 5.74) is 3.63. The standard InChI is InChI=1S/C27H26ClN5O5S2/c1-16-6-5-7-24(19(16)4)32-40(37,38)25-15-20(8-13-23(25)28)26(34)31-21-9-11-22(12-10-21)39(35,36)33-27-29-17(2)14-18(3)30-27/h5-15,32H,1-4H3,(H,31,34)(H,29,30,33). The van der Waals surface area contributed by atoms with Gasteiger partial charge in [-0.3, -0.25) is 9.52 Å². The van der Waals surface area contributed by atoms with E-state index < -0.39 is 26.0 Å². The summed E-state index contributed by atoms with van der Waals surface area (Å²) in [5.74, 6) is -0.660. The highest BCUT2D eigenvalue weighted by molar-refractivity contribution is 7.93. The smallest absolute Gasteiger partial charge is 0.264 e. The molecular formula is C27H26ClN5O5S2. The Bertz CT molecular complexity index is 1810. The van der Waals surface area contributed by atoms with Crippen molar-refractivity contribution in [2.24, 2.45) is 0 Å². The van der Waals surface area contributed by atoms with Gasteiger partial charge in [-0.2, -0.15) is 0 Å². The molecule has 1 heterocycles. The van der Waals surface area contributed by atoms with Gasteiger partial charge in [0.15, 0.2) is 0 Å². The zero-order valence-corrected chi connectivity index (χ0v) is 24.4. The fraction of sp³-hybridized carbons (Fsp3) is 0.148. The van der Waals surface area contributed by atoms with Crippen LogP contribution in [0.2, 0.25) is 5.02 Å². The van der Waals surface area contributed by atoms with Gasteiger partial charge in [-0.25, -0.2) is 31.5 Å². The number of anilines is 3. The second-order valence-electron chi connectivity index (χ2n) is 9.06. The molecule has 0 atom stereocenters. The Morgan fingerprint density at radius 1 is 0.775 bits per heavy atom. The van der Waals surface area contributed by atoms with Crippen LogP contribution in [0.15, 0.2) is 76.5 Å². The van der Waals surface area contributed by atoms with Crippen molar-refractivity contribution in [3.8, 4) is 0 Å². The van der Waals surface area contributed by atoms with E-state index in [-0.39, 0.29) is 26.3 Å². The van der Waals surface area contributed by atoms with Crippen molar-refractivity contribution in [1.82, 2.24) is 9.97 Å². The Labute approximate surface area is 238 Å². The molecule has 10 nitrogen and oxygen atoms in total. The minimum absolute atomic E-state index is 0.0380. The van der Waals surface area contributed by atoms with Gasteiger partial charge < -0.3 is 5.32 Å². The second kappa shape index (κ2) is 11.2. The fourth-order valence-electron chi connectivity index (χ4n) is 3.78. The molecule has 0 radical (unpaired) electrons. The van der Waals surface area contributed by atoms with E-state index in [1.165, 1.54) is 42.5 Å². The maximum absolute atomic E-state index is 13.1. The van der Waals surface area contributed by atoms with Crippen molar-refractivity contribution in [3.63, 3.8) is 0 Å². The lowest BCUT2D eigenvalue weighted by molar-refractivity contribution is 0.102. The van der Waals surface area contributed by atoms with E-state index in [0.717, 1.165) is 11.1 Å². The number of hydrogen-bond donors (Lipinski definition) is 3. The number of sulfonamides is 2. The van der Waals surface area contributed by atoms with Gasteiger partial charge in [-0.15, -0.1) is 0 Å². The highest BCUT2D eigenvalue weighted by Crippen LogP contribution is 2.28. The normalized spacial score (nSPS) is 11.6. The number of carbonyl (C=O) groups excluding carboxylic acids is 1. The molecule has 3 aromatic carbocycles. The van der Waals surface area contributed by atoms with Gasteiger partial charge in [-0.05, 0) is 93.4 Å². The molecule has 0 unspecified atom stereocenters. The van der Waals surface area contributed by atoms with Crippen molar-refractivity contribution in [1.29, 1.82) is 0 Å². The third-order valence-corrected chi connectivity index (χ3v) is 9.15. The van der Waals surface area contributed by atoms with Crippen molar-refractivity contribution in [2.75, 3.05) is 14.8 Å². The highest BCUT2D eigenvalue weighted by Gasteiger charge is 2.22. The molecule has 0 saturated carbocycles. The van der Waals surface area contributed by atoms with Gasteiger partial charge in [0, 0.05) is 22.6 Å². The average Bonchev–Trinajstić information content (AvgIpc) is 2.86. The van der Waals surface area contributed by atoms with Crippen LogP contribution in [0.5, 0.6) is 0 Å². The van der Waals surface area contributed by atoms with E-state index in [4.69, 9.17) is 11.6 Å². The molecule has 3 N–H and O–H groups in total. The molecule has 0 bridgehead atoms. The second-order valence-corrected chi connectivity index (χ2v) is 12.8. The van der Waals surface area contributed by atoms with Gasteiger partial charge in [0.05, 0.1) is 15.6 Å². The molecule has 0 aliphatic carbocycles. The maximum atomic E-state index is 13.1. The van der Waals surface area contributed by atoms with Gasteiger partial charge in [-0.1, -0.05) is 23.7 Å². The number of halogens is 1. The zero-order valence-electron chi connectivity index (χ0n) is 22.0. The summed E-state index contributed by atoms with van der Waals surface area (Å²) in [4.78, 5) is 20.8. The Morgan fingerprint density at radius 3 is 2.08 bits per heavy atom. The van der Waals surface area contributed by atoms with Crippen LogP contribution >= 0.6 is 11.6 Å². The topological polar surface area (TPSA) is 147 Å². The van der Waals surface area contributed by atoms with E-state index in [2.05, 4.69) is 24.7 Å². The Balaban J connectivity index is 1.51. The molecule has 13 heteroatoms. The van der Waals surface area contributed by atoms with Crippen LogP contribution in [0.4, 0.5) is 17.3 Å². The summed E-state index contributed by atoms with van der Waals surface area (Å²) in [6.45, 7) is 7.11. The monoisotopic (exact) mass is 599 g/mol. The van der Waals surface area contributed by atoms with Crippen LogP contribution in [0, 0.1) is 27.7 Å². The van der Waals surface area contributed by atoms with Gasteiger partial charge in [0.25, 0.3) is 26.0 Å². The Morgan fingerprint density at radius 2 is 1.43 bits per heavy atom. The first-order chi connectivity index (χ1) is 18.7. The molecule has 0 aliphatic rings. The van der Waals surface area contributed by atoms with E-state index in [1.54, 1.807) is 39.0 Å². The van der Waals surface area contributed by atoms with Crippen LogP contribution < -0.4 is 14.8 Å². The number of amides is 1. The predicted octanol–water partition coefficient (Wildman–Crippen LogP) is 5.22. The molecule has 0 aliphatic heterocycles. The number of benzene rings is 3. The van der Waals surface area contributed by atoms with Crippen LogP contribution in [0.3, 0.4) is 0 Å². The molecule has 4 aromatic rings. The summed E-state index contributed by atoms with van der Waals surface area (Å²) < 4.78 is 56.6. The fourth-order valence-corrected chi connectivity index (χ4v) is 6.38. The van der Waals surface area contributed by atoms with Crippen molar-refractivity contribution < 1.29 is 21.6 Å². The van der Waals surface area contributed by atoms with Gasteiger partial charge >= 0.3 is 0 Å². The van der Waals surface area contributed by atoms with Crippen molar-refractivity contribution >= 4 is 54.9 Å². The molecule has 0 fully saturated rings. The SMILES string of the molecule is Cc1cc(C)nc(NS(=O)(=O)c2ccc(NC(=O)c3ccc(Cl)c(S(=O)(=O)Nc4cccc(C)c4C)c3)cc2)n1. The molecular weight excluding hydrogens is 574 g/mol. The van der Waals surface area contributed by atoms with E-state index >= 15 is 0 Å².